The number of esters is 1. The fraction of sp³-hybridized carbons (Fsp3) is 0.250. The number of ether oxygens (including phenoxy) is 2. The van der Waals surface area contributed by atoms with E-state index in [2.05, 4.69) is 34.8 Å². The van der Waals surface area contributed by atoms with Crippen molar-refractivity contribution in [1.29, 1.82) is 0 Å². The number of hydrogen-bond donors (Lipinski definition) is 1. The van der Waals surface area contributed by atoms with Crippen LogP contribution in [-0.2, 0) is 14.3 Å². The van der Waals surface area contributed by atoms with E-state index in [9.17, 15) is 9.59 Å². The molecule has 0 radical (unpaired) electrons. The van der Waals surface area contributed by atoms with Crippen LogP contribution in [0, 0.1) is 0 Å². The highest BCUT2D eigenvalue weighted by molar-refractivity contribution is 8.00. The summed E-state index contributed by atoms with van der Waals surface area (Å²) in [5, 5.41) is 4.20. The number of fused-ring (bicyclic) bond motifs is 3. The van der Waals surface area contributed by atoms with Gasteiger partial charge in [0.2, 0.25) is 5.91 Å². The molecule has 0 aromatic heterocycles. The molecule has 1 aliphatic carbocycles. The summed E-state index contributed by atoms with van der Waals surface area (Å²) in [6.07, 6.45) is 1.57. The number of amides is 1. The molecule has 0 spiro atoms. The van der Waals surface area contributed by atoms with Crippen LogP contribution in [0.25, 0.3) is 11.1 Å². The minimum absolute atomic E-state index is 0.130. The lowest BCUT2D eigenvalue weighted by Crippen LogP contribution is -2.27. The third-order valence-corrected chi connectivity index (χ3v) is 6.49. The van der Waals surface area contributed by atoms with Gasteiger partial charge in [-0.25, -0.2) is 10.2 Å². The maximum Gasteiger partial charge on any atom is 0.344 e. The van der Waals surface area contributed by atoms with Crippen LogP contribution in [0.3, 0.4) is 0 Å². The first-order valence-electron chi connectivity index (χ1n) is 11.4. The van der Waals surface area contributed by atoms with Gasteiger partial charge < -0.3 is 9.47 Å². The number of hydrazone groups is 1. The molecule has 3 aromatic rings. The molecule has 0 saturated heterocycles. The zero-order valence-electron chi connectivity index (χ0n) is 20.0. The van der Waals surface area contributed by atoms with Crippen molar-refractivity contribution >= 4 is 29.9 Å². The highest BCUT2D eigenvalue weighted by atomic mass is 32.2. The van der Waals surface area contributed by atoms with Crippen molar-refractivity contribution in [3.8, 4) is 16.9 Å². The van der Waals surface area contributed by atoms with Crippen molar-refractivity contribution in [3.05, 3.63) is 89.5 Å². The zero-order valence-corrected chi connectivity index (χ0v) is 20.8. The largest absolute Gasteiger partial charge is 0.482 e. The number of benzene rings is 3. The number of hydrogen-bond acceptors (Lipinski definition) is 6. The molecule has 1 amide bonds. The number of nitrogens with zero attached hydrogens (tertiary/aromatic N) is 1. The fourth-order valence-corrected chi connectivity index (χ4v) is 4.98. The number of carbonyl (C=O) groups is 2. The lowest BCUT2D eigenvalue weighted by atomic mass is 10.1. The van der Waals surface area contributed by atoms with Gasteiger partial charge in [-0.2, -0.15) is 5.10 Å². The summed E-state index contributed by atoms with van der Waals surface area (Å²) in [5.41, 5.74) is 7.79. The van der Waals surface area contributed by atoms with E-state index in [4.69, 9.17) is 9.47 Å². The Morgan fingerprint density at radius 2 is 1.54 bits per heavy atom. The van der Waals surface area contributed by atoms with Crippen LogP contribution >= 0.6 is 11.8 Å². The number of thioether (sulfide) groups is 1. The van der Waals surface area contributed by atoms with Crippen molar-refractivity contribution in [2.75, 3.05) is 12.4 Å². The standard InChI is InChI=1S/C28H28N2O4S/c1-28(2,3)34-26(32)17-33-20-14-12-19(13-15-20)16-29-30-25(31)18-35-27-23-10-6-4-8-21(23)22-9-5-7-11-24(22)27/h4-16,27H,17-18H2,1-3H3,(H,30,31)/b29-16-. The van der Waals surface area contributed by atoms with Crippen LogP contribution < -0.4 is 10.2 Å². The number of nitrogens with one attached hydrogen (secondary N) is 1. The van der Waals surface area contributed by atoms with Gasteiger partial charge in [0.1, 0.15) is 11.4 Å². The molecule has 0 heterocycles. The first-order chi connectivity index (χ1) is 16.8. The molecule has 3 aromatic carbocycles. The molecular weight excluding hydrogens is 460 g/mol. The van der Waals surface area contributed by atoms with Gasteiger partial charge >= 0.3 is 5.97 Å². The Morgan fingerprint density at radius 3 is 2.14 bits per heavy atom. The Hall–Kier alpha value is -3.58. The summed E-state index contributed by atoms with van der Waals surface area (Å²) in [6, 6.07) is 23.7. The van der Waals surface area contributed by atoms with E-state index >= 15 is 0 Å². The second kappa shape index (κ2) is 10.8. The maximum atomic E-state index is 12.4. The molecule has 0 atom stereocenters. The van der Waals surface area contributed by atoms with E-state index in [1.807, 2.05) is 45.0 Å². The van der Waals surface area contributed by atoms with E-state index in [0.717, 1.165) is 5.56 Å². The molecule has 1 N–H and O–H groups in total. The molecule has 35 heavy (non-hydrogen) atoms. The van der Waals surface area contributed by atoms with Gasteiger partial charge in [-0.3, -0.25) is 4.79 Å². The van der Waals surface area contributed by atoms with Crippen LogP contribution in [0.15, 0.2) is 77.9 Å². The summed E-state index contributed by atoms with van der Waals surface area (Å²) in [6.45, 7) is 5.27. The second-order valence-corrected chi connectivity index (χ2v) is 10.2. The summed E-state index contributed by atoms with van der Waals surface area (Å²) in [7, 11) is 0. The molecule has 0 unspecified atom stereocenters. The number of rotatable bonds is 8. The first-order valence-corrected chi connectivity index (χ1v) is 12.4. The van der Waals surface area contributed by atoms with E-state index < -0.39 is 11.6 Å². The molecule has 0 bridgehead atoms. The average molecular weight is 489 g/mol. The smallest absolute Gasteiger partial charge is 0.344 e. The molecule has 7 heteroatoms. The zero-order chi connectivity index (χ0) is 24.8. The molecule has 4 rings (SSSR count). The quantitative estimate of drug-likeness (QED) is 0.262. The first kappa shape index (κ1) is 24.5. The van der Waals surface area contributed by atoms with Crippen LogP contribution in [0.1, 0.15) is 42.7 Å². The minimum atomic E-state index is -0.546. The molecule has 0 saturated carbocycles. The highest BCUT2D eigenvalue weighted by Gasteiger charge is 2.28. The second-order valence-electron chi connectivity index (χ2n) is 9.10. The van der Waals surface area contributed by atoms with Crippen LogP contribution in [0.4, 0.5) is 0 Å². The fourth-order valence-electron chi connectivity index (χ4n) is 3.82. The molecule has 6 nitrogen and oxygen atoms in total. The van der Waals surface area contributed by atoms with Gasteiger partial charge in [-0.05, 0) is 72.9 Å². The van der Waals surface area contributed by atoms with E-state index in [-0.39, 0.29) is 17.8 Å². The number of carbonyl (C=O) groups excluding carboxylic acids is 2. The van der Waals surface area contributed by atoms with Gasteiger partial charge in [0, 0.05) is 0 Å². The minimum Gasteiger partial charge on any atom is -0.482 e. The van der Waals surface area contributed by atoms with Crippen LogP contribution in [0.5, 0.6) is 5.75 Å². The van der Waals surface area contributed by atoms with Crippen LogP contribution in [-0.4, -0.2) is 36.1 Å². The molecule has 0 fully saturated rings. The Balaban J connectivity index is 1.25. The van der Waals surface area contributed by atoms with Gasteiger partial charge in [-0.1, -0.05) is 48.5 Å². The van der Waals surface area contributed by atoms with Gasteiger partial charge in [0.15, 0.2) is 6.61 Å². The molecule has 180 valence electrons. The van der Waals surface area contributed by atoms with Crippen LogP contribution in [0.2, 0.25) is 0 Å². The normalized spacial score (nSPS) is 12.8. The third kappa shape index (κ3) is 6.51. The van der Waals surface area contributed by atoms with E-state index in [1.165, 1.54) is 22.3 Å². The maximum absolute atomic E-state index is 12.4. The lowest BCUT2D eigenvalue weighted by molar-refractivity contribution is -0.157. The third-order valence-electron chi connectivity index (χ3n) is 5.22. The summed E-state index contributed by atoms with van der Waals surface area (Å²) in [4.78, 5) is 24.2. The topological polar surface area (TPSA) is 77.0 Å². The van der Waals surface area contributed by atoms with Crippen molar-refractivity contribution in [2.24, 2.45) is 5.10 Å². The average Bonchev–Trinajstić information content (AvgIpc) is 3.15. The van der Waals surface area contributed by atoms with Gasteiger partial charge in [-0.15, -0.1) is 11.8 Å². The lowest BCUT2D eigenvalue weighted by Gasteiger charge is -2.19. The Labute approximate surface area is 209 Å². The monoisotopic (exact) mass is 488 g/mol. The van der Waals surface area contributed by atoms with Crippen molar-refractivity contribution in [3.63, 3.8) is 0 Å². The van der Waals surface area contributed by atoms with E-state index in [1.54, 1.807) is 42.2 Å². The Kier molecular flexibility index (Phi) is 7.56. The molecule has 1 aliphatic rings. The summed E-state index contributed by atoms with van der Waals surface area (Å²) >= 11 is 1.60. The predicted octanol–water partition coefficient (Wildman–Crippen LogP) is 5.36. The van der Waals surface area contributed by atoms with Gasteiger partial charge in [0.25, 0.3) is 0 Å². The highest BCUT2D eigenvalue weighted by Crippen LogP contribution is 2.49. The molecular formula is C28H28N2O4S. The molecule has 0 aliphatic heterocycles. The Morgan fingerprint density at radius 1 is 0.943 bits per heavy atom. The Bertz CT molecular complexity index is 1190. The van der Waals surface area contributed by atoms with E-state index in [0.29, 0.717) is 11.5 Å². The summed E-state index contributed by atoms with van der Waals surface area (Å²) in [5.74, 6) is 0.256. The van der Waals surface area contributed by atoms with Gasteiger partial charge in [0.05, 0.1) is 17.2 Å². The summed E-state index contributed by atoms with van der Waals surface area (Å²) < 4.78 is 10.7. The van der Waals surface area contributed by atoms with Crippen molar-refractivity contribution in [1.82, 2.24) is 5.43 Å². The predicted molar refractivity (Wildman–Crippen MR) is 140 cm³/mol. The SMILES string of the molecule is CC(C)(C)OC(=O)COc1ccc(/C=N\NC(=O)CSC2c3ccccc3-c3ccccc32)cc1. The van der Waals surface area contributed by atoms with Crippen molar-refractivity contribution < 1.29 is 19.1 Å². The van der Waals surface area contributed by atoms with Crippen molar-refractivity contribution in [2.45, 2.75) is 31.6 Å².